The first kappa shape index (κ1) is 23.9. The van der Waals surface area contributed by atoms with Gasteiger partial charge < -0.3 is 24.1 Å². The standard InChI is InChI=1S/C25H24N2O8/c1-2-32-21(11-12-23(29)27-31)24(18-8-9-19(28)17-6-4-3-5-16(17)18)35-25(30)26-15-7-10-20-22(13-15)34-14-33-20/h3-13,21,24,28,31H,2,14H2,1H3,(H,26,30)(H,27,29)/b12-11+/t21-,24-/m0/s1. The molecule has 3 aromatic rings. The molecule has 0 aliphatic carbocycles. The fourth-order valence-electron chi connectivity index (χ4n) is 3.75. The average molecular weight is 480 g/mol. The van der Waals surface area contributed by atoms with Crippen LogP contribution in [0.25, 0.3) is 10.8 Å². The van der Waals surface area contributed by atoms with Crippen molar-refractivity contribution in [3.8, 4) is 17.2 Å². The number of carbonyl (C=O) groups is 2. The van der Waals surface area contributed by atoms with Crippen molar-refractivity contribution in [2.45, 2.75) is 19.1 Å². The molecule has 0 radical (unpaired) electrons. The molecule has 0 aromatic heterocycles. The second-order valence-corrected chi connectivity index (χ2v) is 7.49. The Balaban J connectivity index is 1.68. The van der Waals surface area contributed by atoms with Gasteiger partial charge in [0, 0.05) is 35.4 Å². The van der Waals surface area contributed by atoms with Crippen LogP contribution in [0.15, 0.2) is 66.7 Å². The molecule has 0 bridgehead atoms. The molecule has 1 aliphatic heterocycles. The summed E-state index contributed by atoms with van der Waals surface area (Å²) in [5.74, 6) is 0.361. The molecule has 35 heavy (non-hydrogen) atoms. The van der Waals surface area contributed by atoms with E-state index in [1.165, 1.54) is 17.6 Å². The van der Waals surface area contributed by atoms with Gasteiger partial charge in [-0.15, -0.1) is 0 Å². The fourth-order valence-corrected chi connectivity index (χ4v) is 3.75. The van der Waals surface area contributed by atoms with Crippen LogP contribution in [0.5, 0.6) is 17.2 Å². The number of phenolic OH excluding ortho intramolecular Hbond substituents is 1. The molecule has 4 N–H and O–H groups in total. The quantitative estimate of drug-likeness (QED) is 0.216. The van der Waals surface area contributed by atoms with E-state index >= 15 is 0 Å². The average Bonchev–Trinajstić information content (AvgIpc) is 3.34. The van der Waals surface area contributed by atoms with Crippen LogP contribution >= 0.6 is 0 Å². The SMILES string of the molecule is CCO[C@@H](/C=C/C(=O)NO)[C@@H](OC(=O)Nc1ccc2c(c1)OCO2)c1ccc(O)c2ccccc12. The Morgan fingerprint density at radius 3 is 2.63 bits per heavy atom. The third-order valence-corrected chi connectivity index (χ3v) is 5.30. The molecular weight excluding hydrogens is 456 g/mol. The molecule has 0 fully saturated rings. The summed E-state index contributed by atoms with van der Waals surface area (Å²) in [5, 5.41) is 23.0. The number of benzene rings is 3. The van der Waals surface area contributed by atoms with Crippen LogP contribution in [-0.2, 0) is 14.3 Å². The monoisotopic (exact) mass is 480 g/mol. The van der Waals surface area contributed by atoms with Crippen molar-refractivity contribution in [1.82, 2.24) is 5.48 Å². The molecule has 2 atom stereocenters. The zero-order chi connectivity index (χ0) is 24.8. The summed E-state index contributed by atoms with van der Waals surface area (Å²) in [4.78, 5) is 24.6. The molecular formula is C25H24N2O8. The van der Waals surface area contributed by atoms with Crippen molar-refractivity contribution in [3.63, 3.8) is 0 Å². The maximum Gasteiger partial charge on any atom is 0.412 e. The first-order valence-electron chi connectivity index (χ1n) is 10.8. The van der Waals surface area contributed by atoms with E-state index in [0.717, 1.165) is 6.08 Å². The topological polar surface area (TPSA) is 136 Å². The van der Waals surface area contributed by atoms with Crippen LogP contribution in [0.2, 0.25) is 0 Å². The molecule has 3 aromatic carbocycles. The van der Waals surface area contributed by atoms with Gasteiger partial charge >= 0.3 is 6.09 Å². The number of fused-ring (bicyclic) bond motifs is 2. The van der Waals surface area contributed by atoms with Crippen molar-refractivity contribution in [1.29, 1.82) is 0 Å². The van der Waals surface area contributed by atoms with Crippen LogP contribution in [0.3, 0.4) is 0 Å². The van der Waals surface area contributed by atoms with Crippen molar-refractivity contribution >= 4 is 28.5 Å². The number of hydrogen-bond acceptors (Lipinski definition) is 8. The maximum atomic E-state index is 12.9. The van der Waals surface area contributed by atoms with Crippen molar-refractivity contribution in [2.24, 2.45) is 0 Å². The summed E-state index contributed by atoms with van der Waals surface area (Å²) in [6.45, 7) is 2.10. The number of phenols is 1. The highest BCUT2D eigenvalue weighted by Crippen LogP contribution is 2.36. The van der Waals surface area contributed by atoms with Crippen LogP contribution in [0.1, 0.15) is 18.6 Å². The van der Waals surface area contributed by atoms with Crippen LogP contribution in [0.4, 0.5) is 10.5 Å². The Morgan fingerprint density at radius 2 is 1.86 bits per heavy atom. The van der Waals surface area contributed by atoms with E-state index in [1.807, 2.05) is 0 Å². The molecule has 0 unspecified atom stereocenters. The Bertz CT molecular complexity index is 1260. The van der Waals surface area contributed by atoms with Gasteiger partial charge in [0.25, 0.3) is 5.91 Å². The van der Waals surface area contributed by atoms with E-state index in [2.05, 4.69) is 5.32 Å². The molecule has 10 nitrogen and oxygen atoms in total. The molecule has 1 heterocycles. The van der Waals surface area contributed by atoms with Crippen molar-refractivity contribution in [2.75, 3.05) is 18.7 Å². The fraction of sp³-hybridized carbons (Fsp3) is 0.200. The lowest BCUT2D eigenvalue weighted by Gasteiger charge is -2.26. The van der Waals surface area contributed by atoms with Crippen LogP contribution < -0.4 is 20.3 Å². The highest BCUT2D eigenvalue weighted by atomic mass is 16.7. The number of amides is 2. The molecule has 2 amide bonds. The van der Waals surface area contributed by atoms with Crippen molar-refractivity contribution < 1.29 is 38.9 Å². The lowest BCUT2D eigenvalue weighted by molar-refractivity contribution is -0.124. The highest BCUT2D eigenvalue weighted by Gasteiger charge is 2.29. The second kappa shape index (κ2) is 10.8. The van der Waals surface area contributed by atoms with Crippen LogP contribution in [-0.4, -0.2) is 41.8 Å². The molecule has 0 spiro atoms. The molecule has 0 saturated heterocycles. The lowest BCUT2D eigenvalue weighted by Crippen LogP contribution is -2.28. The summed E-state index contributed by atoms with van der Waals surface area (Å²) < 4.78 is 22.2. The van der Waals surface area contributed by atoms with E-state index in [-0.39, 0.29) is 19.1 Å². The first-order valence-corrected chi connectivity index (χ1v) is 10.8. The smallest absolute Gasteiger partial charge is 0.412 e. The van der Waals surface area contributed by atoms with E-state index < -0.39 is 24.2 Å². The Hall–Kier alpha value is -4.28. The van der Waals surface area contributed by atoms with Gasteiger partial charge in [0.05, 0.1) is 0 Å². The van der Waals surface area contributed by atoms with E-state index in [0.29, 0.717) is 33.5 Å². The molecule has 10 heteroatoms. The first-order chi connectivity index (χ1) is 17.0. The van der Waals surface area contributed by atoms with Gasteiger partial charge in [0.1, 0.15) is 11.9 Å². The number of hydrogen-bond donors (Lipinski definition) is 4. The predicted molar refractivity (Wildman–Crippen MR) is 126 cm³/mol. The highest BCUT2D eigenvalue weighted by molar-refractivity contribution is 5.92. The summed E-state index contributed by atoms with van der Waals surface area (Å²) >= 11 is 0. The second-order valence-electron chi connectivity index (χ2n) is 7.49. The summed E-state index contributed by atoms with van der Waals surface area (Å²) in [6, 6.07) is 15.1. The van der Waals surface area contributed by atoms with Crippen LogP contribution in [0, 0.1) is 0 Å². The van der Waals surface area contributed by atoms with E-state index in [1.54, 1.807) is 55.5 Å². The number of anilines is 1. The molecule has 4 rings (SSSR count). The number of rotatable bonds is 8. The number of nitrogens with one attached hydrogen (secondary N) is 2. The third kappa shape index (κ3) is 5.45. The molecule has 182 valence electrons. The summed E-state index contributed by atoms with van der Waals surface area (Å²) in [5.41, 5.74) is 2.49. The van der Waals surface area contributed by atoms with Gasteiger partial charge in [-0.05, 0) is 36.6 Å². The summed E-state index contributed by atoms with van der Waals surface area (Å²) in [6.07, 6.45) is -0.231. The van der Waals surface area contributed by atoms with Gasteiger partial charge in [-0.2, -0.15) is 0 Å². The zero-order valence-corrected chi connectivity index (χ0v) is 18.8. The predicted octanol–water partition coefficient (Wildman–Crippen LogP) is 4.03. The van der Waals surface area contributed by atoms with E-state index in [9.17, 15) is 14.7 Å². The van der Waals surface area contributed by atoms with Gasteiger partial charge in [-0.1, -0.05) is 30.3 Å². The Labute approximate surface area is 200 Å². The Morgan fingerprint density at radius 1 is 1.09 bits per heavy atom. The van der Waals surface area contributed by atoms with Gasteiger partial charge in [0.15, 0.2) is 17.6 Å². The number of carbonyl (C=O) groups excluding carboxylic acids is 2. The lowest BCUT2D eigenvalue weighted by atomic mass is 9.96. The minimum Gasteiger partial charge on any atom is -0.507 e. The number of ether oxygens (including phenoxy) is 4. The summed E-state index contributed by atoms with van der Waals surface area (Å²) in [7, 11) is 0. The largest absolute Gasteiger partial charge is 0.507 e. The molecule has 1 aliphatic rings. The number of aromatic hydroxyl groups is 1. The molecule has 0 saturated carbocycles. The number of hydroxylamine groups is 1. The van der Waals surface area contributed by atoms with Gasteiger partial charge in [-0.3, -0.25) is 15.3 Å². The Kier molecular flexibility index (Phi) is 7.34. The van der Waals surface area contributed by atoms with Gasteiger partial charge in [-0.25, -0.2) is 10.3 Å². The zero-order valence-electron chi connectivity index (χ0n) is 18.8. The normalized spacial score (nSPS) is 14.0. The minimum atomic E-state index is -1.02. The minimum absolute atomic E-state index is 0.0658. The van der Waals surface area contributed by atoms with Gasteiger partial charge in [0.2, 0.25) is 6.79 Å². The van der Waals surface area contributed by atoms with E-state index in [4.69, 9.17) is 24.2 Å². The maximum absolute atomic E-state index is 12.9. The van der Waals surface area contributed by atoms with Crippen molar-refractivity contribution in [3.05, 3.63) is 72.3 Å². The third-order valence-electron chi connectivity index (χ3n) is 5.30.